The van der Waals surface area contributed by atoms with Crippen LogP contribution >= 0.6 is 12.4 Å². The molecular weight excluding hydrogens is 177 g/mol. The third-order valence-electron chi connectivity index (χ3n) is 1.79. The van der Waals surface area contributed by atoms with Crippen LogP contribution in [0.2, 0.25) is 0 Å². The summed E-state index contributed by atoms with van der Waals surface area (Å²) < 4.78 is 12.4. The molecule has 0 aromatic heterocycles. The second kappa shape index (κ2) is 5.12. The molecule has 0 saturated heterocycles. The number of halogens is 2. The Morgan fingerprint density at radius 2 is 1.83 bits per heavy atom. The van der Waals surface area contributed by atoms with Gasteiger partial charge in [0.05, 0.1) is 0 Å². The Balaban J connectivity index is 0.00000121. The second-order valence-corrected chi connectivity index (χ2v) is 2.69. The molecule has 0 fully saturated rings. The van der Waals surface area contributed by atoms with Crippen molar-refractivity contribution >= 4 is 12.4 Å². The van der Waals surface area contributed by atoms with E-state index in [0.717, 1.165) is 5.56 Å². The summed E-state index contributed by atoms with van der Waals surface area (Å²) >= 11 is 0. The molecule has 1 atom stereocenters. The fourth-order valence-corrected chi connectivity index (χ4v) is 0.927. The predicted octanol–water partition coefficient (Wildman–Crippen LogP) is 2.31. The third-order valence-corrected chi connectivity index (χ3v) is 1.79. The molecule has 1 unspecified atom stereocenters. The number of hydrogen-bond donors (Lipinski definition) is 1. The summed E-state index contributed by atoms with van der Waals surface area (Å²) in [4.78, 5) is 0. The van der Waals surface area contributed by atoms with Gasteiger partial charge in [-0.2, -0.15) is 0 Å². The topological polar surface area (TPSA) is 26.0 Å². The second-order valence-electron chi connectivity index (χ2n) is 2.69. The van der Waals surface area contributed by atoms with Gasteiger partial charge in [0.2, 0.25) is 0 Å². The number of rotatable bonds is 2. The first-order valence-corrected chi connectivity index (χ1v) is 3.69. The molecule has 2 N–H and O–H groups in total. The van der Waals surface area contributed by atoms with E-state index in [0.29, 0.717) is 12.5 Å². The smallest absolute Gasteiger partial charge is 0.123 e. The van der Waals surface area contributed by atoms with Gasteiger partial charge in [-0.1, -0.05) is 19.1 Å². The van der Waals surface area contributed by atoms with Crippen LogP contribution in [0.1, 0.15) is 18.4 Å². The molecule has 0 radical (unpaired) electrons. The van der Waals surface area contributed by atoms with E-state index in [1.807, 2.05) is 6.92 Å². The van der Waals surface area contributed by atoms with Crippen LogP contribution in [0.5, 0.6) is 0 Å². The molecule has 0 bridgehead atoms. The van der Waals surface area contributed by atoms with Crippen molar-refractivity contribution in [2.45, 2.75) is 12.8 Å². The van der Waals surface area contributed by atoms with E-state index in [1.54, 1.807) is 12.1 Å². The van der Waals surface area contributed by atoms with Gasteiger partial charge < -0.3 is 5.73 Å². The fourth-order valence-electron chi connectivity index (χ4n) is 0.927. The van der Waals surface area contributed by atoms with E-state index >= 15 is 0 Å². The molecule has 0 spiro atoms. The molecule has 0 heterocycles. The Bertz CT molecular complexity index is 222. The van der Waals surface area contributed by atoms with Crippen molar-refractivity contribution in [1.82, 2.24) is 0 Å². The van der Waals surface area contributed by atoms with E-state index < -0.39 is 0 Å². The highest BCUT2D eigenvalue weighted by molar-refractivity contribution is 5.85. The van der Waals surface area contributed by atoms with Crippen LogP contribution in [0.3, 0.4) is 0 Å². The van der Waals surface area contributed by atoms with E-state index in [1.165, 1.54) is 12.1 Å². The summed E-state index contributed by atoms with van der Waals surface area (Å²) in [6, 6.07) is 6.46. The lowest BCUT2D eigenvalue weighted by Gasteiger charge is -2.07. The zero-order chi connectivity index (χ0) is 8.27. The highest BCUT2D eigenvalue weighted by Crippen LogP contribution is 2.13. The summed E-state index contributed by atoms with van der Waals surface area (Å²) in [6.07, 6.45) is 0. The Kier molecular flexibility index (Phi) is 4.86. The van der Waals surface area contributed by atoms with Crippen molar-refractivity contribution in [3.05, 3.63) is 35.6 Å². The van der Waals surface area contributed by atoms with Gasteiger partial charge in [-0.15, -0.1) is 12.4 Å². The third kappa shape index (κ3) is 2.80. The first-order chi connectivity index (χ1) is 5.24. The van der Waals surface area contributed by atoms with Crippen LogP contribution in [-0.2, 0) is 0 Å². The summed E-state index contributed by atoms with van der Waals surface area (Å²) in [5, 5.41) is 0. The molecule has 0 aliphatic carbocycles. The van der Waals surface area contributed by atoms with Gasteiger partial charge in [0.25, 0.3) is 0 Å². The standard InChI is InChI=1S/C9H12FN.ClH/c1-7(6-11)8-2-4-9(10)5-3-8;/h2-5,7H,6,11H2,1H3;1H. The molecule has 0 amide bonds. The summed E-state index contributed by atoms with van der Waals surface area (Å²) in [5.74, 6) is 0.119. The zero-order valence-electron chi connectivity index (χ0n) is 6.96. The molecule has 12 heavy (non-hydrogen) atoms. The highest BCUT2D eigenvalue weighted by atomic mass is 35.5. The molecule has 0 saturated carbocycles. The van der Waals surface area contributed by atoms with Crippen molar-refractivity contribution < 1.29 is 4.39 Å². The Labute approximate surface area is 78.2 Å². The van der Waals surface area contributed by atoms with Gasteiger partial charge in [0, 0.05) is 0 Å². The van der Waals surface area contributed by atoms with Crippen molar-refractivity contribution in [1.29, 1.82) is 0 Å². The Hall–Kier alpha value is -0.600. The van der Waals surface area contributed by atoms with E-state index in [4.69, 9.17) is 5.73 Å². The van der Waals surface area contributed by atoms with Gasteiger partial charge in [-0.3, -0.25) is 0 Å². The van der Waals surface area contributed by atoms with Gasteiger partial charge in [-0.05, 0) is 30.2 Å². The summed E-state index contributed by atoms with van der Waals surface area (Å²) in [6.45, 7) is 2.62. The van der Waals surface area contributed by atoms with Crippen LogP contribution in [-0.4, -0.2) is 6.54 Å². The van der Waals surface area contributed by atoms with Crippen molar-refractivity contribution in [2.75, 3.05) is 6.54 Å². The number of hydrogen-bond acceptors (Lipinski definition) is 1. The van der Waals surface area contributed by atoms with Crippen molar-refractivity contribution in [3.8, 4) is 0 Å². The molecule has 68 valence electrons. The maximum atomic E-state index is 12.4. The van der Waals surface area contributed by atoms with E-state index in [2.05, 4.69) is 0 Å². The maximum Gasteiger partial charge on any atom is 0.123 e. The average molecular weight is 190 g/mol. The van der Waals surface area contributed by atoms with Crippen molar-refractivity contribution in [3.63, 3.8) is 0 Å². The monoisotopic (exact) mass is 189 g/mol. The highest BCUT2D eigenvalue weighted by Gasteiger charge is 2.01. The number of benzene rings is 1. The minimum atomic E-state index is -0.196. The largest absolute Gasteiger partial charge is 0.330 e. The van der Waals surface area contributed by atoms with Gasteiger partial charge in [0.1, 0.15) is 5.82 Å². The Morgan fingerprint density at radius 3 is 2.25 bits per heavy atom. The minimum absolute atomic E-state index is 0. The quantitative estimate of drug-likeness (QED) is 0.759. The molecule has 1 rings (SSSR count). The summed E-state index contributed by atoms with van der Waals surface area (Å²) in [5.41, 5.74) is 6.54. The SMILES string of the molecule is CC(CN)c1ccc(F)cc1.Cl. The van der Waals surface area contributed by atoms with Crippen LogP contribution in [0, 0.1) is 5.82 Å². The maximum absolute atomic E-state index is 12.4. The lowest BCUT2D eigenvalue weighted by atomic mass is 10.0. The first kappa shape index (κ1) is 11.4. The predicted molar refractivity (Wildman–Crippen MR) is 51.1 cm³/mol. The molecule has 1 aromatic rings. The van der Waals surface area contributed by atoms with Gasteiger partial charge in [0.15, 0.2) is 0 Å². The summed E-state index contributed by atoms with van der Waals surface area (Å²) in [7, 11) is 0. The molecule has 0 aliphatic heterocycles. The fraction of sp³-hybridized carbons (Fsp3) is 0.333. The van der Waals surface area contributed by atoms with Crippen LogP contribution < -0.4 is 5.73 Å². The Morgan fingerprint density at radius 1 is 1.33 bits per heavy atom. The minimum Gasteiger partial charge on any atom is -0.330 e. The average Bonchev–Trinajstić information content (AvgIpc) is 2.05. The first-order valence-electron chi connectivity index (χ1n) is 3.69. The van der Waals surface area contributed by atoms with E-state index in [9.17, 15) is 4.39 Å². The van der Waals surface area contributed by atoms with E-state index in [-0.39, 0.29) is 18.2 Å². The van der Waals surface area contributed by atoms with Crippen molar-refractivity contribution in [2.24, 2.45) is 5.73 Å². The zero-order valence-corrected chi connectivity index (χ0v) is 7.77. The van der Waals surface area contributed by atoms with Crippen LogP contribution in [0.15, 0.2) is 24.3 Å². The van der Waals surface area contributed by atoms with Crippen LogP contribution in [0.4, 0.5) is 4.39 Å². The van der Waals surface area contributed by atoms with Crippen LogP contribution in [0.25, 0.3) is 0 Å². The molecule has 3 heteroatoms. The molecule has 1 nitrogen and oxygen atoms in total. The normalized spacial score (nSPS) is 11.9. The molecular formula is C9H13ClFN. The lowest BCUT2D eigenvalue weighted by molar-refractivity contribution is 0.625. The number of nitrogens with two attached hydrogens (primary N) is 1. The lowest BCUT2D eigenvalue weighted by Crippen LogP contribution is -2.08. The molecule has 1 aromatic carbocycles. The van der Waals surface area contributed by atoms with Gasteiger partial charge >= 0.3 is 0 Å². The van der Waals surface area contributed by atoms with Gasteiger partial charge in [-0.25, -0.2) is 4.39 Å². The molecule has 0 aliphatic rings.